The molecule has 28 heavy (non-hydrogen) atoms. The molecule has 4 N–H and O–H groups in total. The van der Waals surface area contributed by atoms with Crippen LogP contribution in [0.4, 0.5) is 0 Å². The van der Waals surface area contributed by atoms with E-state index >= 15 is 0 Å². The van der Waals surface area contributed by atoms with Gasteiger partial charge in [0.2, 0.25) is 0 Å². The van der Waals surface area contributed by atoms with E-state index in [2.05, 4.69) is 0 Å². The lowest BCUT2D eigenvalue weighted by Crippen LogP contribution is -2.35. The zero-order valence-electron chi connectivity index (χ0n) is 16.0. The monoisotopic (exact) mass is 420 g/mol. The number of thioether (sulfide) groups is 2. The molecule has 0 aliphatic rings. The van der Waals surface area contributed by atoms with Crippen molar-refractivity contribution >= 4 is 35.3 Å². The summed E-state index contributed by atoms with van der Waals surface area (Å²) in [4.78, 5) is 22.4. The zero-order chi connectivity index (χ0) is 20.2. The number of rotatable bonds is 13. The van der Waals surface area contributed by atoms with Gasteiger partial charge in [0.15, 0.2) is 31.3 Å². The number of pyridine rings is 2. The molecule has 0 saturated heterocycles. The van der Waals surface area contributed by atoms with Gasteiger partial charge in [0.1, 0.15) is 17.7 Å². The number of aromatic nitrogens is 2. The Kier molecular flexibility index (Phi) is 9.85. The van der Waals surface area contributed by atoms with Gasteiger partial charge in [-0.25, -0.2) is 9.13 Å². The van der Waals surface area contributed by atoms with Crippen LogP contribution in [0, 0.1) is 0 Å². The quantitative estimate of drug-likeness (QED) is 0.378. The summed E-state index contributed by atoms with van der Waals surface area (Å²) in [6.45, 7) is 1.77. The van der Waals surface area contributed by atoms with E-state index in [1.54, 1.807) is 24.5 Å². The van der Waals surface area contributed by atoms with E-state index < -0.39 is 5.91 Å². The summed E-state index contributed by atoms with van der Waals surface area (Å²) >= 11 is 3.90. The first kappa shape index (κ1) is 22.2. The second-order valence-corrected chi connectivity index (χ2v) is 8.77. The average Bonchev–Trinajstić information content (AvgIpc) is 2.69. The molecule has 2 rings (SSSR count). The first-order chi connectivity index (χ1) is 13.6. The molecule has 2 heterocycles. The number of nitrogens with two attached hydrogens (primary N) is 2. The fraction of sp³-hybridized carbons (Fsp3) is 0.400. The van der Waals surface area contributed by atoms with Gasteiger partial charge in [-0.15, -0.1) is 0 Å². The van der Waals surface area contributed by atoms with Crippen molar-refractivity contribution in [2.24, 2.45) is 11.5 Å². The Morgan fingerprint density at radius 1 is 0.750 bits per heavy atom. The molecular formula is C20H28N4O2S2+2. The lowest BCUT2D eigenvalue weighted by molar-refractivity contribution is -0.696. The molecule has 0 saturated carbocycles. The Balaban J connectivity index is 1.49. The van der Waals surface area contributed by atoms with Crippen LogP contribution in [0.1, 0.15) is 33.6 Å². The smallest absolute Gasteiger partial charge is 0.254 e. The predicted octanol–water partition coefficient (Wildman–Crippen LogP) is 1.41. The molecule has 0 aliphatic heterocycles. The van der Waals surface area contributed by atoms with Crippen molar-refractivity contribution in [1.29, 1.82) is 0 Å². The van der Waals surface area contributed by atoms with E-state index in [4.69, 9.17) is 11.5 Å². The van der Waals surface area contributed by atoms with Crippen molar-refractivity contribution < 1.29 is 18.7 Å². The van der Waals surface area contributed by atoms with Gasteiger partial charge in [0.05, 0.1) is 5.75 Å². The molecule has 150 valence electrons. The maximum absolute atomic E-state index is 11.2. The summed E-state index contributed by atoms with van der Waals surface area (Å²) in [6.07, 6.45) is 9.78. The maximum atomic E-state index is 11.2. The number of hydrogen-bond donors (Lipinski definition) is 2. The number of carbonyl (C=O) groups is 2. The second-order valence-electron chi connectivity index (χ2n) is 6.32. The summed E-state index contributed by atoms with van der Waals surface area (Å²) in [5, 5.41) is 0. The van der Waals surface area contributed by atoms with Crippen LogP contribution in [0.2, 0.25) is 0 Å². The molecule has 2 aromatic heterocycles. The molecule has 8 heteroatoms. The van der Waals surface area contributed by atoms with Crippen LogP contribution in [0.15, 0.2) is 49.1 Å². The second kappa shape index (κ2) is 12.4. The molecule has 2 aromatic rings. The Morgan fingerprint density at radius 2 is 1.25 bits per heavy atom. The first-order valence-electron chi connectivity index (χ1n) is 9.29. The minimum absolute atomic E-state index is 0.389. The summed E-state index contributed by atoms with van der Waals surface area (Å²) in [7, 11) is 0. The van der Waals surface area contributed by atoms with Crippen molar-refractivity contribution in [3.05, 3.63) is 60.2 Å². The molecule has 6 nitrogen and oxygen atoms in total. The molecule has 0 atom stereocenters. The third-order valence-electron chi connectivity index (χ3n) is 4.06. The van der Waals surface area contributed by atoms with Gasteiger partial charge in [0.25, 0.3) is 11.8 Å². The maximum Gasteiger partial charge on any atom is 0.254 e. The van der Waals surface area contributed by atoms with Gasteiger partial charge in [-0.1, -0.05) is 0 Å². The van der Waals surface area contributed by atoms with E-state index in [0.29, 0.717) is 11.1 Å². The third kappa shape index (κ3) is 8.31. The largest absolute Gasteiger partial charge is 0.365 e. The molecule has 0 aromatic carbocycles. The standard InChI is InChI=1S/C20H26N4O2S2/c21-19(25)17-5-1-7-23(15-17)9-3-11-27-12-4-13-28-14-10-24-8-2-6-18(16-24)20(22)26/h1-2,5-8,15-16H,3-4,9-14H2,(H2-2,21,22,25,26)/p+2. The van der Waals surface area contributed by atoms with Crippen LogP contribution < -0.4 is 20.6 Å². The summed E-state index contributed by atoms with van der Waals surface area (Å²) < 4.78 is 4.02. The number of primary amides is 2. The molecule has 0 radical (unpaired) electrons. The van der Waals surface area contributed by atoms with Crippen molar-refractivity contribution in [1.82, 2.24) is 0 Å². The SMILES string of the molecule is NC(=O)c1ccc[n+](CCCSCCCSCC[n+]2cccc(C(N)=O)c2)c1. The Hall–Kier alpha value is -2.06. The minimum atomic E-state index is -0.391. The number of carbonyl (C=O) groups excluding carboxylic acids is 2. The van der Waals surface area contributed by atoms with Crippen molar-refractivity contribution in [3.8, 4) is 0 Å². The lowest BCUT2D eigenvalue weighted by Gasteiger charge is -2.02. The van der Waals surface area contributed by atoms with Crippen LogP contribution >= 0.6 is 23.5 Å². The van der Waals surface area contributed by atoms with Gasteiger partial charge >= 0.3 is 0 Å². The average molecular weight is 421 g/mol. The topological polar surface area (TPSA) is 93.9 Å². The molecule has 0 aliphatic carbocycles. The van der Waals surface area contributed by atoms with Gasteiger partial charge < -0.3 is 11.5 Å². The highest BCUT2D eigenvalue weighted by Gasteiger charge is 2.08. The van der Waals surface area contributed by atoms with E-state index in [9.17, 15) is 9.59 Å². The van der Waals surface area contributed by atoms with Crippen molar-refractivity contribution in [2.75, 3.05) is 23.0 Å². The highest BCUT2D eigenvalue weighted by atomic mass is 32.2. The minimum Gasteiger partial charge on any atom is -0.365 e. The summed E-state index contributed by atoms with van der Waals surface area (Å²) in [5.74, 6) is 3.64. The van der Waals surface area contributed by atoms with Gasteiger partial charge in [0, 0.05) is 18.6 Å². The third-order valence-corrected chi connectivity index (χ3v) is 6.26. The van der Waals surface area contributed by atoms with Crippen molar-refractivity contribution in [2.45, 2.75) is 25.9 Å². The van der Waals surface area contributed by atoms with Gasteiger partial charge in [-0.05, 0) is 35.8 Å². The predicted molar refractivity (Wildman–Crippen MR) is 114 cm³/mol. The van der Waals surface area contributed by atoms with Gasteiger partial charge in [-0.2, -0.15) is 23.5 Å². The highest BCUT2D eigenvalue weighted by Crippen LogP contribution is 2.09. The number of hydrogen-bond acceptors (Lipinski definition) is 4. The van der Waals surface area contributed by atoms with Crippen LogP contribution in [-0.2, 0) is 13.1 Å². The molecular weight excluding hydrogens is 392 g/mol. The van der Waals surface area contributed by atoms with E-state index in [-0.39, 0.29) is 5.91 Å². The molecule has 0 spiro atoms. The van der Waals surface area contributed by atoms with Crippen LogP contribution in [0.5, 0.6) is 0 Å². The summed E-state index contributed by atoms with van der Waals surface area (Å²) in [5.41, 5.74) is 11.7. The van der Waals surface area contributed by atoms with Crippen LogP contribution in [-0.4, -0.2) is 34.8 Å². The summed E-state index contributed by atoms with van der Waals surface area (Å²) in [6, 6.07) is 7.17. The zero-order valence-corrected chi connectivity index (χ0v) is 17.6. The molecule has 2 amide bonds. The Morgan fingerprint density at radius 3 is 1.82 bits per heavy atom. The van der Waals surface area contributed by atoms with E-state index in [0.717, 1.165) is 42.5 Å². The fourth-order valence-corrected chi connectivity index (χ4v) is 4.56. The molecule has 0 fully saturated rings. The highest BCUT2D eigenvalue weighted by molar-refractivity contribution is 8.00. The molecule has 0 bridgehead atoms. The molecule has 0 unspecified atom stereocenters. The van der Waals surface area contributed by atoms with E-state index in [1.807, 2.05) is 57.2 Å². The number of aryl methyl sites for hydroxylation is 2. The van der Waals surface area contributed by atoms with Crippen LogP contribution in [0.25, 0.3) is 0 Å². The lowest BCUT2D eigenvalue weighted by atomic mass is 10.3. The van der Waals surface area contributed by atoms with E-state index in [1.165, 1.54) is 6.42 Å². The van der Waals surface area contributed by atoms with Crippen molar-refractivity contribution in [3.63, 3.8) is 0 Å². The van der Waals surface area contributed by atoms with Crippen LogP contribution in [0.3, 0.4) is 0 Å². The number of amides is 2. The normalized spacial score (nSPS) is 10.7. The Bertz CT molecular complexity index is 721. The van der Waals surface area contributed by atoms with Gasteiger partial charge in [-0.3, -0.25) is 9.59 Å². The fourth-order valence-electron chi connectivity index (χ4n) is 2.60. The first-order valence-corrected chi connectivity index (χ1v) is 11.6. The Labute approximate surface area is 174 Å². The number of nitrogens with zero attached hydrogens (tertiary/aromatic N) is 2.